The molecule has 0 unspecified atom stereocenters. The smallest absolute Gasteiger partial charge is 0.303 e. The summed E-state index contributed by atoms with van der Waals surface area (Å²) in [5, 5.41) is 16.5. The molecule has 110 valence electrons. The number of nitrogens with zero attached hydrogens (tertiary/aromatic N) is 1. The lowest BCUT2D eigenvalue weighted by Gasteiger charge is -2.03. The van der Waals surface area contributed by atoms with E-state index < -0.39 is 5.97 Å². The highest BCUT2D eigenvalue weighted by atomic mass is 16.4. The maximum Gasteiger partial charge on any atom is 0.303 e. The van der Waals surface area contributed by atoms with Crippen LogP contribution >= 0.6 is 0 Å². The van der Waals surface area contributed by atoms with E-state index in [2.05, 4.69) is 6.92 Å². The van der Waals surface area contributed by atoms with Crippen LogP contribution in [0, 0.1) is 0 Å². The van der Waals surface area contributed by atoms with Gasteiger partial charge >= 0.3 is 5.97 Å². The molecule has 18 heavy (non-hydrogen) atoms. The molecule has 0 spiro atoms. The number of carboxylic acid groups (broad SMARTS) is 1. The highest BCUT2D eigenvalue weighted by molar-refractivity contribution is 5.66. The number of aliphatic hydroxyl groups is 1. The second-order valence-corrected chi connectivity index (χ2v) is 4.79. The Labute approximate surface area is 112 Å². The Bertz CT molecular complexity index is 172. The van der Waals surface area contributed by atoms with E-state index in [-0.39, 0.29) is 6.61 Å². The van der Waals surface area contributed by atoms with E-state index in [1.165, 1.54) is 32.1 Å². The molecule has 0 aliphatic heterocycles. The van der Waals surface area contributed by atoms with Gasteiger partial charge in [-0.25, -0.2) is 0 Å². The molecule has 0 heterocycles. The van der Waals surface area contributed by atoms with Gasteiger partial charge in [-0.15, -0.1) is 0 Å². The van der Waals surface area contributed by atoms with Gasteiger partial charge in [0.15, 0.2) is 0 Å². The molecule has 0 aliphatic rings. The van der Waals surface area contributed by atoms with Crippen molar-refractivity contribution < 1.29 is 15.0 Å². The Morgan fingerprint density at radius 2 is 1.50 bits per heavy atom. The summed E-state index contributed by atoms with van der Waals surface area (Å²) in [5.74, 6) is -0.663. The number of aliphatic carboxylic acids is 1. The van der Waals surface area contributed by atoms with Crippen molar-refractivity contribution in [2.75, 3.05) is 27.2 Å². The number of aliphatic hydroxyl groups excluding tert-OH is 1. The Morgan fingerprint density at radius 1 is 1.00 bits per heavy atom. The summed E-state index contributed by atoms with van der Waals surface area (Å²) in [5.41, 5.74) is 0. The zero-order valence-corrected chi connectivity index (χ0v) is 12.3. The minimum atomic E-state index is -0.663. The Hall–Kier alpha value is -0.610. The van der Waals surface area contributed by atoms with Crippen molar-refractivity contribution in [3.8, 4) is 0 Å². The van der Waals surface area contributed by atoms with Crippen molar-refractivity contribution in [3.63, 3.8) is 0 Å². The molecule has 0 aromatic heterocycles. The summed E-state index contributed by atoms with van der Waals surface area (Å²) in [6, 6.07) is 0. The molecule has 0 rings (SSSR count). The van der Waals surface area contributed by atoms with Gasteiger partial charge in [-0.2, -0.15) is 0 Å². The van der Waals surface area contributed by atoms with Crippen LogP contribution in [0.3, 0.4) is 0 Å². The van der Waals surface area contributed by atoms with Gasteiger partial charge in [0.1, 0.15) is 0 Å². The van der Waals surface area contributed by atoms with Crippen LogP contribution in [0.15, 0.2) is 0 Å². The van der Waals surface area contributed by atoms with Crippen LogP contribution in [-0.2, 0) is 4.79 Å². The van der Waals surface area contributed by atoms with Crippen LogP contribution in [0.5, 0.6) is 0 Å². The van der Waals surface area contributed by atoms with Gasteiger partial charge in [0.25, 0.3) is 0 Å². The molecule has 0 aromatic rings. The van der Waals surface area contributed by atoms with Gasteiger partial charge in [-0.05, 0) is 20.5 Å². The molecule has 0 radical (unpaired) electrons. The monoisotopic (exact) mass is 261 g/mol. The summed E-state index contributed by atoms with van der Waals surface area (Å²) in [4.78, 5) is 12.1. The maximum atomic E-state index is 10.1. The van der Waals surface area contributed by atoms with Gasteiger partial charge in [-0.1, -0.05) is 45.4 Å². The first-order chi connectivity index (χ1) is 8.54. The van der Waals surface area contributed by atoms with E-state index in [0.29, 0.717) is 6.42 Å². The third-order valence-corrected chi connectivity index (χ3v) is 2.54. The maximum absolute atomic E-state index is 10.1. The topological polar surface area (TPSA) is 60.8 Å². The molecule has 0 amide bonds. The number of hydrogen-bond donors (Lipinski definition) is 2. The fourth-order valence-corrected chi connectivity index (χ4v) is 1.43. The Balaban J connectivity index is 0. The van der Waals surface area contributed by atoms with Gasteiger partial charge < -0.3 is 15.1 Å². The second-order valence-electron chi connectivity index (χ2n) is 4.79. The highest BCUT2D eigenvalue weighted by Gasteiger charge is 1.95. The minimum Gasteiger partial charge on any atom is -0.481 e. The number of carboxylic acids is 1. The van der Waals surface area contributed by atoms with Gasteiger partial charge in [0, 0.05) is 13.0 Å². The molecule has 0 saturated carbocycles. The van der Waals surface area contributed by atoms with E-state index in [1.807, 2.05) is 19.0 Å². The van der Waals surface area contributed by atoms with Crippen molar-refractivity contribution in [3.05, 3.63) is 0 Å². The molecule has 2 N–H and O–H groups in total. The van der Waals surface area contributed by atoms with Crippen molar-refractivity contribution in [1.29, 1.82) is 0 Å². The predicted octanol–water partition coefficient (Wildman–Crippen LogP) is 2.75. The number of unbranched alkanes of at least 4 members (excludes halogenated alkanes) is 6. The molecule has 0 fully saturated rings. The summed E-state index contributed by atoms with van der Waals surface area (Å²) in [6.07, 6.45) is 8.64. The Kier molecular flexibility index (Phi) is 18.0. The van der Waals surface area contributed by atoms with E-state index in [9.17, 15) is 4.79 Å². The largest absolute Gasteiger partial charge is 0.481 e. The lowest BCUT2D eigenvalue weighted by Crippen LogP contribution is -2.15. The lowest BCUT2D eigenvalue weighted by molar-refractivity contribution is -0.137. The van der Waals surface area contributed by atoms with Crippen molar-refractivity contribution in [2.45, 2.75) is 58.3 Å². The summed E-state index contributed by atoms with van der Waals surface area (Å²) in [6.45, 7) is 3.22. The van der Waals surface area contributed by atoms with Gasteiger partial charge in [0.05, 0.1) is 6.61 Å². The van der Waals surface area contributed by atoms with Crippen LogP contribution in [0.2, 0.25) is 0 Å². The molecular weight excluding hydrogens is 230 g/mol. The molecule has 0 saturated heterocycles. The molecule has 0 bridgehead atoms. The first-order valence-electron chi connectivity index (χ1n) is 7.02. The lowest BCUT2D eigenvalue weighted by atomic mass is 10.1. The number of likely N-dealkylation sites (N-methyl/N-ethyl adjacent to an activating group) is 1. The number of carbonyl (C=O) groups is 1. The SMILES string of the molecule is CCCCCCCCCC(=O)O.CN(C)CCO. The summed E-state index contributed by atoms with van der Waals surface area (Å²) < 4.78 is 0. The quantitative estimate of drug-likeness (QED) is 0.594. The fourth-order valence-electron chi connectivity index (χ4n) is 1.43. The van der Waals surface area contributed by atoms with Crippen LogP contribution < -0.4 is 0 Å². The normalized spacial score (nSPS) is 10.1. The average Bonchev–Trinajstić information content (AvgIpc) is 2.28. The van der Waals surface area contributed by atoms with Crippen molar-refractivity contribution in [1.82, 2.24) is 4.90 Å². The minimum absolute atomic E-state index is 0.257. The molecule has 4 heteroatoms. The predicted molar refractivity (Wildman–Crippen MR) is 75.9 cm³/mol. The zero-order chi connectivity index (χ0) is 14.2. The second kappa shape index (κ2) is 16.4. The molecule has 0 aliphatic carbocycles. The molecule has 0 atom stereocenters. The van der Waals surface area contributed by atoms with Crippen LogP contribution in [0.25, 0.3) is 0 Å². The van der Waals surface area contributed by atoms with Crippen LogP contribution in [0.1, 0.15) is 58.3 Å². The van der Waals surface area contributed by atoms with E-state index >= 15 is 0 Å². The van der Waals surface area contributed by atoms with Crippen molar-refractivity contribution >= 4 is 5.97 Å². The van der Waals surface area contributed by atoms with Crippen LogP contribution in [-0.4, -0.2) is 48.3 Å². The third-order valence-electron chi connectivity index (χ3n) is 2.54. The molecule has 0 aromatic carbocycles. The molecule has 4 nitrogen and oxygen atoms in total. The van der Waals surface area contributed by atoms with E-state index in [1.54, 1.807) is 0 Å². The van der Waals surface area contributed by atoms with Gasteiger partial charge in [-0.3, -0.25) is 4.79 Å². The first-order valence-corrected chi connectivity index (χ1v) is 7.02. The number of hydrogen-bond acceptors (Lipinski definition) is 3. The van der Waals surface area contributed by atoms with Gasteiger partial charge in [0.2, 0.25) is 0 Å². The van der Waals surface area contributed by atoms with E-state index in [4.69, 9.17) is 10.2 Å². The standard InChI is InChI=1S/C10H20O2.C4H11NO/c1-2-3-4-5-6-7-8-9-10(11)12;1-5(2)3-4-6/h2-9H2,1H3,(H,11,12);6H,3-4H2,1-2H3. The van der Waals surface area contributed by atoms with Crippen LogP contribution in [0.4, 0.5) is 0 Å². The average molecular weight is 261 g/mol. The highest BCUT2D eigenvalue weighted by Crippen LogP contribution is 2.07. The third kappa shape index (κ3) is 24.6. The fraction of sp³-hybridized carbons (Fsp3) is 0.929. The summed E-state index contributed by atoms with van der Waals surface area (Å²) >= 11 is 0. The van der Waals surface area contributed by atoms with E-state index in [0.717, 1.165) is 19.4 Å². The Morgan fingerprint density at radius 3 is 1.83 bits per heavy atom. The molecular formula is C14H31NO3. The number of rotatable bonds is 10. The first kappa shape index (κ1) is 19.7. The van der Waals surface area contributed by atoms with Crippen molar-refractivity contribution in [2.24, 2.45) is 0 Å². The summed E-state index contributed by atoms with van der Waals surface area (Å²) in [7, 11) is 3.85. The zero-order valence-electron chi connectivity index (χ0n) is 12.3.